The zero-order chi connectivity index (χ0) is 18.9. The van der Waals surface area contributed by atoms with E-state index in [1.165, 1.54) is 5.56 Å². The molecule has 2 aliphatic rings. The van der Waals surface area contributed by atoms with Gasteiger partial charge in [-0.1, -0.05) is 18.2 Å². The lowest BCUT2D eigenvalue weighted by Gasteiger charge is -2.36. The highest BCUT2D eigenvalue weighted by Crippen LogP contribution is 2.27. The fourth-order valence-corrected chi connectivity index (χ4v) is 4.25. The van der Waals surface area contributed by atoms with E-state index in [1.54, 1.807) is 6.20 Å². The Morgan fingerprint density at radius 1 is 0.964 bits per heavy atom. The number of carbonyl (C=O) groups is 1. The summed E-state index contributed by atoms with van der Waals surface area (Å²) in [5.74, 6) is 1.12. The molecule has 28 heavy (non-hydrogen) atoms. The Balaban J connectivity index is 1.23. The number of nitrogens with zero attached hydrogens (tertiary/aromatic N) is 6. The number of amides is 1. The number of rotatable bonds is 3. The van der Waals surface area contributed by atoms with Crippen LogP contribution in [0.3, 0.4) is 0 Å². The summed E-state index contributed by atoms with van der Waals surface area (Å²) in [6.07, 6.45) is 9.56. The quantitative estimate of drug-likeness (QED) is 0.698. The normalized spacial score (nSPS) is 17.7. The van der Waals surface area contributed by atoms with Crippen molar-refractivity contribution in [3.8, 4) is 0 Å². The van der Waals surface area contributed by atoms with Gasteiger partial charge in [0.1, 0.15) is 0 Å². The lowest BCUT2D eigenvalue weighted by molar-refractivity contribution is -0.119. The third-order valence-corrected chi connectivity index (χ3v) is 5.73. The number of aromatic nitrogens is 3. The molecular weight excluding hydrogens is 352 g/mol. The number of carbonyl (C=O) groups excluding carboxylic acids is 1. The fourth-order valence-electron chi connectivity index (χ4n) is 4.25. The van der Waals surface area contributed by atoms with Gasteiger partial charge >= 0.3 is 0 Å². The van der Waals surface area contributed by atoms with E-state index < -0.39 is 0 Å². The number of anilines is 2. The summed E-state index contributed by atoms with van der Waals surface area (Å²) in [7, 11) is 0. The van der Waals surface area contributed by atoms with E-state index in [0.717, 1.165) is 62.7 Å². The molecule has 0 N–H and O–H groups in total. The Labute approximate surface area is 164 Å². The topological polar surface area (TPSA) is 57.0 Å². The third kappa shape index (κ3) is 3.11. The average Bonchev–Trinajstić information content (AvgIpc) is 3.23. The van der Waals surface area contributed by atoms with Crippen LogP contribution in [0, 0.1) is 0 Å². The average molecular weight is 376 g/mol. The maximum absolute atomic E-state index is 13.0. The number of fused-ring (bicyclic) bond motifs is 2. The van der Waals surface area contributed by atoms with Crippen molar-refractivity contribution in [2.75, 3.05) is 49.1 Å². The van der Waals surface area contributed by atoms with E-state index in [0.29, 0.717) is 6.54 Å². The molecular formula is C21H24N6O. The standard InChI is InChI=1S/C21H24N6O/c28-19(27-9-3-5-17-4-1-2-6-18(17)27)16-24-12-14-26(15-13-24)21-20-22-7-10-25(20)11-8-23-21/h1-2,4,6-8,10-11H,3,5,9,12-16H2. The van der Waals surface area contributed by atoms with Crippen LogP contribution in [0.25, 0.3) is 5.65 Å². The molecule has 1 fully saturated rings. The van der Waals surface area contributed by atoms with Crippen LogP contribution in [0.2, 0.25) is 0 Å². The number of hydrogen-bond acceptors (Lipinski definition) is 5. The Kier molecular flexibility index (Phi) is 4.44. The van der Waals surface area contributed by atoms with Crippen molar-refractivity contribution in [2.24, 2.45) is 0 Å². The molecule has 7 nitrogen and oxygen atoms in total. The van der Waals surface area contributed by atoms with Gasteiger partial charge in [0.15, 0.2) is 11.5 Å². The number of aryl methyl sites for hydroxylation is 1. The van der Waals surface area contributed by atoms with Gasteiger partial charge in [0.2, 0.25) is 5.91 Å². The lowest BCUT2D eigenvalue weighted by atomic mass is 10.0. The summed E-state index contributed by atoms with van der Waals surface area (Å²) in [4.78, 5) is 28.4. The molecule has 1 saturated heterocycles. The molecule has 0 spiro atoms. The zero-order valence-electron chi connectivity index (χ0n) is 15.9. The van der Waals surface area contributed by atoms with Crippen molar-refractivity contribution in [3.05, 3.63) is 54.6 Å². The molecule has 2 aliphatic heterocycles. The van der Waals surface area contributed by atoms with Crippen molar-refractivity contribution < 1.29 is 4.79 Å². The second-order valence-electron chi connectivity index (χ2n) is 7.45. The maximum Gasteiger partial charge on any atom is 0.241 e. The van der Waals surface area contributed by atoms with Crippen LogP contribution in [0.15, 0.2) is 49.1 Å². The summed E-state index contributed by atoms with van der Waals surface area (Å²) in [6.45, 7) is 4.70. The van der Waals surface area contributed by atoms with Gasteiger partial charge in [-0.3, -0.25) is 9.69 Å². The first-order valence-electron chi connectivity index (χ1n) is 9.93. The van der Waals surface area contributed by atoms with Gasteiger partial charge < -0.3 is 14.2 Å². The van der Waals surface area contributed by atoms with Crippen molar-refractivity contribution in [1.82, 2.24) is 19.3 Å². The molecule has 0 atom stereocenters. The second kappa shape index (κ2) is 7.24. The molecule has 3 aromatic rings. The number of hydrogen-bond donors (Lipinski definition) is 0. The Morgan fingerprint density at radius 2 is 1.75 bits per heavy atom. The van der Waals surface area contributed by atoms with E-state index in [2.05, 4.69) is 38.0 Å². The molecule has 144 valence electrons. The molecule has 4 heterocycles. The number of piperazine rings is 1. The van der Waals surface area contributed by atoms with Gasteiger partial charge in [-0.25, -0.2) is 9.97 Å². The molecule has 0 saturated carbocycles. The Morgan fingerprint density at radius 3 is 2.61 bits per heavy atom. The first kappa shape index (κ1) is 17.2. The highest BCUT2D eigenvalue weighted by Gasteiger charge is 2.26. The van der Waals surface area contributed by atoms with Crippen LogP contribution in [-0.4, -0.2) is 64.4 Å². The van der Waals surface area contributed by atoms with E-state index in [-0.39, 0.29) is 5.91 Å². The minimum atomic E-state index is 0.203. The third-order valence-electron chi connectivity index (χ3n) is 5.73. The SMILES string of the molecule is O=C(CN1CCN(c2nccn3ccnc23)CC1)N1CCCc2ccccc21. The van der Waals surface area contributed by atoms with E-state index in [4.69, 9.17) is 0 Å². The van der Waals surface area contributed by atoms with Crippen molar-refractivity contribution in [2.45, 2.75) is 12.8 Å². The van der Waals surface area contributed by atoms with Crippen LogP contribution in [-0.2, 0) is 11.2 Å². The Bertz CT molecular complexity index is 991. The molecule has 5 rings (SSSR count). The second-order valence-corrected chi connectivity index (χ2v) is 7.45. The minimum Gasteiger partial charge on any atom is -0.351 e. The van der Waals surface area contributed by atoms with Crippen LogP contribution in [0.4, 0.5) is 11.5 Å². The predicted molar refractivity (Wildman–Crippen MR) is 109 cm³/mol. The maximum atomic E-state index is 13.0. The molecule has 1 aromatic carbocycles. The van der Waals surface area contributed by atoms with Gasteiger partial charge in [-0.15, -0.1) is 0 Å². The van der Waals surface area contributed by atoms with E-state index >= 15 is 0 Å². The lowest BCUT2D eigenvalue weighted by Crippen LogP contribution is -2.51. The van der Waals surface area contributed by atoms with Crippen molar-refractivity contribution >= 4 is 23.1 Å². The number of para-hydroxylation sites is 1. The molecule has 0 unspecified atom stereocenters. The van der Waals surface area contributed by atoms with Gasteiger partial charge in [0.05, 0.1) is 6.54 Å². The molecule has 7 heteroatoms. The minimum absolute atomic E-state index is 0.203. The first-order valence-corrected chi connectivity index (χ1v) is 9.93. The van der Waals surface area contributed by atoms with E-state index in [1.807, 2.05) is 34.0 Å². The molecule has 0 aliphatic carbocycles. The highest BCUT2D eigenvalue weighted by atomic mass is 16.2. The summed E-state index contributed by atoms with van der Waals surface area (Å²) < 4.78 is 1.99. The molecule has 0 radical (unpaired) electrons. The summed E-state index contributed by atoms with van der Waals surface area (Å²) >= 11 is 0. The van der Waals surface area contributed by atoms with E-state index in [9.17, 15) is 4.79 Å². The van der Waals surface area contributed by atoms with Crippen LogP contribution >= 0.6 is 0 Å². The summed E-state index contributed by atoms with van der Waals surface area (Å²) in [5.41, 5.74) is 3.26. The van der Waals surface area contributed by atoms with Crippen LogP contribution < -0.4 is 9.80 Å². The van der Waals surface area contributed by atoms with Gasteiger partial charge in [-0.05, 0) is 24.5 Å². The predicted octanol–water partition coefficient (Wildman–Crippen LogP) is 1.83. The largest absolute Gasteiger partial charge is 0.351 e. The summed E-state index contributed by atoms with van der Waals surface area (Å²) in [6, 6.07) is 8.28. The number of imidazole rings is 1. The van der Waals surface area contributed by atoms with Crippen LogP contribution in [0.1, 0.15) is 12.0 Å². The summed E-state index contributed by atoms with van der Waals surface area (Å²) in [5, 5.41) is 0. The molecule has 1 amide bonds. The van der Waals surface area contributed by atoms with Crippen molar-refractivity contribution in [3.63, 3.8) is 0 Å². The highest BCUT2D eigenvalue weighted by molar-refractivity contribution is 5.96. The first-order chi connectivity index (χ1) is 13.8. The smallest absolute Gasteiger partial charge is 0.241 e. The van der Waals surface area contributed by atoms with Crippen molar-refractivity contribution in [1.29, 1.82) is 0 Å². The monoisotopic (exact) mass is 376 g/mol. The van der Waals surface area contributed by atoms with Gasteiger partial charge in [0, 0.05) is 63.2 Å². The molecule has 2 aromatic heterocycles. The zero-order valence-corrected chi connectivity index (χ0v) is 15.9. The van der Waals surface area contributed by atoms with Crippen LogP contribution in [0.5, 0.6) is 0 Å². The Hall–Kier alpha value is -2.93. The molecule has 0 bridgehead atoms. The fraction of sp³-hybridized carbons (Fsp3) is 0.381. The number of benzene rings is 1. The van der Waals surface area contributed by atoms with Gasteiger partial charge in [0.25, 0.3) is 0 Å². The van der Waals surface area contributed by atoms with Gasteiger partial charge in [-0.2, -0.15) is 0 Å².